The van der Waals surface area contributed by atoms with E-state index in [9.17, 15) is 9.59 Å². The van der Waals surface area contributed by atoms with E-state index < -0.39 is 0 Å². The highest BCUT2D eigenvalue weighted by Crippen LogP contribution is 2.24. The number of piperidine rings is 1. The van der Waals surface area contributed by atoms with E-state index in [4.69, 9.17) is 0 Å². The summed E-state index contributed by atoms with van der Waals surface area (Å²) in [5, 5.41) is 2.97. The fraction of sp³-hybridized carbons (Fsp3) is 0.389. The number of carbonyl (C=O) groups is 1. The van der Waals surface area contributed by atoms with Crippen molar-refractivity contribution in [2.75, 3.05) is 23.3 Å². The van der Waals surface area contributed by atoms with Gasteiger partial charge in [-0.25, -0.2) is 4.98 Å². The Morgan fingerprint density at radius 1 is 1.21 bits per heavy atom. The number of benzene rings is 1. The van der Waals surface area contributed by atoms with Gasteiger partial charge in [0.05, 0.1) is 5.56 Å². The third-order valence-electron chi connectivity index (χ3n) is 4.45. The van der Waals surface area contributed by atoms with Gasteiger partial charge in [-0.3, -0.25) is 9.59 Å². The number of anilines is 2. The second-order valence-electron chi connectivity index (χ2n) is 6.22. The SMILES string of the molecule is Cc1nc(N2CCC(C(=O)Nc3ccccc3)CC2)c(C)c(=O)[nH]1. The molecule has 24 heavy (non-hydrogen) atoms. The highest BCUT2D eigenvalue weighted by atomic mass is 16.2. The molecule has 0 unspecified atom stereocenters. The molecule has 2 heterocycles. The molecule has 1 saturated heterocycles. The van der Waals surface area contributed by atoms with Crippen LogP contribution in [0.1, 0.15) is 24.2 Å². The molecule has 0 spiro atoms. The molecule has 3 rings (SSSR count). The number of amides is 1. The van der Waals surface area contributed by atoms with Crippen LogP contribution in [-0.4, -0.2) is 29.0 Å². The number of para-hydroxylation sites is 1. The summed E-state index contributed by atoms with van der Waals surface area (Å²) in [6.45, 7) is 5.02. The smallest absolute Gasteiger partial charge is 0.255 e. The van der Waals surface area contributed by atoms with E-state index in [1.165, 1.54) is 0 Å². The number of nitrogens with one attached hydrogen (secondary N) is 2. The number of aromatic nitrogens is 2. The van der Waals surface area contributed by atoms with Gasteiger partial charge in [-0.05, 0) is 38.8 Å². The van der Waals surface area contributed by atoms with Crippen molar-refractivity contribution < 1.29 is 4.79 Å². The molecular weight excluding hydrogens is 304 g/mol. The Morgan fingerprint density at radius 3 is 2.54 bits per heavy atom. The molecule has 2 aromatic rings. The van der Waals surface area contributed by atoms with Gasteiger partial charge in [0.2, 0.25) is 5.91 Å². The average Bonchev–Trinajstić information content (AvgIpc) is 2.59. The van der Waals surface area contributed by atoms with Crippen LogP contribution < -0.4 is 15.8 Å². The van der Waals surface area contributed by atoms with Crippen LogP contribution in [-0.2, 0) is 4.79 Å². The minimum Gasteiger partial charge on any atom is -0.356 e. The molecule has 1 aromatic carbocycles. The van der Waals surface area contributed by atoms with Crippen LogP contribution in [0.5, 0.6) is 0 Å². The lowest BCUT2D eigenvalue weighted by Crippen LogP contribution is -2.39. The molecule has 6 nitrogen and oxygen atoms in total. The summed E-state index contributed by atoms with van der Waals surface area (Å²) in [5.41, 5.74) is 1.36. The van der Waals surface area contributed by atoms with Gasteiger partial charge in [-0.15, -0.1) is 0 Å². The Morgan fingerprint density at radius 2 is 1.88 bits per heavy atom. The zero-order chi connectivity index (χ0) is 17.1. The number of carbonyl (C=O) groups excluding carboxylic acids is 1. The van der Waals surface area contributed by atoms with Gasteiger partial charge in [-0.2, -0.15) is 0 Å². The van der Waals surface area contributed by atoms with Crippen LogP contribution >= 0.6 is 0 Å². The predicted octanol–water partition coefficient (Wildman–Crippen LogP) is 2.24. The van der Waals surface area contributed by atoms with Gasteiger partial charge < -0.3 is 15.2 Å². The summed E-state index contributed by atoms with van der Waals surface area (Å²) in [6, 6.07) is 9.51. The first kappa shape index (κ1) is 16.2. The Bertz CT molecular complexity index is 777. The van der Waals surface area contributed by atoms with Gasteiger partial charge in [0.15, 0.2) is 0 Å². The highest BCUT2D eigenvalue weighted by Gasteiger charge is 2.26. The van der Waals surface area contributed by atoms with E-state index in [1.807, 2.05) is 30.3 Å². The molecular formula is C18H22N4O2. The molecule has 1 aliphatic heterocycles. The normalized spacial score (nSPS) is 15.3. The monoisotopic (exact) mass is 326 g/mol. The van der Waals surface area contributed by atoms with Gasteiger partial charge in [0.25, 0.3) is 5.56 Å². The molecule has 6 heteroatoms. The zero-order valence-corrected chi connectivity index (χ0v) is 14.0. The van der Waals surface area contributed by atoms with E-state index in [2.05, 4.69) is 20.2 Å². The molecule has 2 N–H and O–H groups in total. The fourth-order valence-corrected chi connectivity index (χ4v) is 3.06. The number of nitrogens with zero attached hydrogens (tertiary/aromatic N) is 2. The maximum absolute atomic E-state index is 12.4. The van der Waals surface area contributed by atoms with Crippen molar-refractivity contribution in [1.29, 1.82) is 0 Å². The Hall–Kier alpha value is -2.63. The summed E-state index contributed by atoms with van der Waals surface area (Å²) in [6.07, 6.45) is 1.51. The molecule has 0 radical (unpaired) electrons. The Balaban J connectivity index is 1.64. The van der Waals surface area contributed by atoms with E-state index in [1.54, 1.807) is 13.8 Å². The number of H-pyrrole nitrogens is 1. The quantitative estimate of drug-likeness (QED) is 0.907. The van der Waals surface area contributed by atoms with Crippen molar-refractivity contribution in [3.63, 3.8) is 0 Å². The first-order valence-electron chi connectivity index (χ1n) is 8.23. The average molecular weight is 326 g/mol. The van der Waals surface area contributed by atoms with Crippen molar-refractivity contribution in [3.8, 4) is 0 Å². The molecule has 126 valence electrons. The molecule has 0 bridgehead atoms. The van der Waals surface area contributed by atoms with Crippen LogP contribution in [0, 0.1) is 19.8 Å². The van der Waals surface area contributed by atoms with Gasteiger partial charge in [-0.1, -0.05) is 18.2 Å². The largest absolute Gasteiger partial charge is 0.356 e. The summed E-state index contributed by atoms with van der Waals surface area (Å²) in [5.74, 6) is 1.40. The third kappa shape index (κ3) is 3.48. The molecule has 0 aliphatic carbocycles. The van der Waals surface area contributed by atoms with Crippen LogP contribution in [0.3, 0.4) is 0 Å². The van der Waals surface area contributed by atoms with Gasteiger partial charge >= 0.3 is 0 Å². The summed E-state index contributed by atoms with van der Waals surface area (Å²) in [4.78, 5) is 33.6. The lowest BCUT2D eigenvalue weighted by atomic mass is 9.95. The summed E-state index contributed by atoms with van der Waals surface area (Å²) >= 11 is 0. The standard InChI is InChI=1S/C18H22N4O2/c1-12-16(19-13(2)20-17(12)23)22-10-8-14(9-11-22)18(24)21-15-6-4-3-5-7-15/h3-7,14H,8-11H2,1-2H3,(H,21,24)(H,19,20,23). The number of hydrogen-bond acceptors (Lipinski definition) is 4. The van der Waals surface area contributed by atoms with Gasteiger partial charge in [0.1, 0.15) is 11.6 Å². The lowest BCUT2D eigenvalue weighted by Gasteiger charge is -2.32. The van der Waals surface area contributed by atoms with Crippen molar-refractivity contribution in [2.45, 2.75) is 26.7 Å². The molecule has 1 aromatic heterocycles. The lowest BCUT2D eigenvalue weighted by molar-refractivity contribution is -0.120. The van der Waals surface area contributed by atoms with Crippen molar-refractivity contribution in [3.05, 3.63) is 52.1 Å². The number of aryl methyl sites for hydroxylation is 1. The second-order valence-corrected chi connectivity index (χ2v) is 6.22. The van der Waals surface area contributed by atoms with Crippen molar-refractivity contribution in [2.24, 2.45) is 5.92 Å². The van der Waals surface area contributed by atoms with Crippen LogP contribution in [0.15, 0.2) is 35.1 Å². The van der Waals surface area contributed by atoms with E-state index in [0.29, 0.717) is 11.4 Å². The molecule has 1 fully saturated rings. The minimum atomic E-state index is -0.0959. The highest BCUT2D eigenvalue weighted by molar-refractivity contribution is 5.92. The maximum atomic E-state index is 12.4. The van der Waals surface area contributed by atoms with Crippen molar-refractivity contribution in [1.82, 2.24) is 9.97 Å². The minimum absolute atomic E-state index is 0.00939. The number of rotatable bonds is 3. The van der Waals surface area contributed by atoms with Crippen molar-refractivity contribution >= 4 is 17.4 Å². The maximum Gasteiger partial charge on any atom is 0.255 e. The first-order chi connectivity index (χ1) is 11.5. The Kier molecular flexibility index (Phi) is 4.64. The fourth-order valence-electron chi connectivity index (χ4n) is 3.06. The molecule has 1 amide bonds. The Labute approximate surface area is 140 Å². The first-order valence-corrected chi connectivity index (χ1v) is 8.23. The van der Waals surface area contributed by atoms with Gasteiger partial charge in [0, 0.05) is 24.7 Å². The summed E-state index contributed by atoms with van der Waals surface area (Å²) in [7, 11) is 0. The second kappa shape index (κ2) is 6.86. The molecule has 0 atom stereocenters. The zero-order valence-electron chi connectivity index (χ0n) is 14.0. The van der Waals surface area contributed by atoms with Crippen LogP contribution in [0.25, 0.3) is 0 Å². The number of aromatic amines is 1. The number of hydrogen-bond donors (Lipinski definition) is 2. The van der Waals surface area contributed by atoms with E-state index in [-0.39, 0.29) is 17.4 Å². The third-order valence-corrected chi connectivity index (χ3v) is 4.45. The van der Waals surface area contributed by atoms with E-state index >= 15 is 0 Å². The van der Waals surface area contributed by atoms with E-state index in [0.717, 1.165) is 37.4 Å². The topological polar surface area (TPSA) is 78.1 Å². The predicted molar refractivity (Wildman–Crippen MR) is 94.3 cm³/mol. The van der Waals surface area contributed by atoms with Crippen LogP contribution in [0.2, 0.25) is 0 Å². The summed E-state index contributed by atoms with van der Waals surface area (Å²) < 4.78 is 0. The molecule has 1 aliphatic rings. The van der Waals surface area contributed by atoms with Crippen LogP contribution in [0.4, 0.5) is 11.5 Å². The molecule has 0 saturated carbocycles.